The van der Waals surface area contributed by atoms with Crippen molar-refractivity contribution in [3.05, 3.63) is 29.8 Å². The maximum atomic E-state index is 9.62. The van der Waals surface area contributed by atoms with Crippen molar-refractivity contribution in [3.8, 4) is 6.07 Å². The Bertz CT molecular complexity index is 458. The second kappa shape index (κ2) is 6.76. The van der Waals surface area contributed by atoms with Gasteiger partial charge in [-0.15, -0.1) is 0 Å². The first-order valence-corrected chi connectivity index (χ1v) is 7.60. The molecule has 0 amide bonds. The normalized spacial score (nSPS) is 21.2. The van der Waals surface area contributed by atoms with Crippen LogP contribution in [0.1, 0.15) is 44.2 Å². The number of hydrogen-bond acceptors (Lipinski definition) is 3. The fourth-order valence-corrected chi connectivity index (χ4v) is 3.10. The third-order valence-electron chi connectivity index (χ3n) is 4.32. The Morgan fingerprint density at radius 1 is 1.30 bits per heavy atom. The maximum Gasteiger partial charge on any atom is 0.124 e. The first-order chi connectivity index (χ1) is 9.67. The molecule has 3 nitrogen and oxygen atoms in total. The molecule has 0 radical (unpaired) electrons. The molecule has 1 aromatic carbocycles. The summed E-state index contributed by atoms with van der Waals surface area (Å²) in [6.07, 6.45) is 4.87. The van der Waals surface area contributed by atoms with Gasteiger partial charge in [-0.05, 0) is 37.0 Å². The standard InChI is InChI=1S/C17H25N3/c1-4-15-7-5-6-12-20(15)17(13-18)14-8-10-16(11-9-14)19(2)3/h8-11,15,17H,4-7,12H2,1-3H3. The molecule has 2 atom stereocenters. The van der Waals surface area contributed by atoms with Crippen molar-refractivity contribution in [2.24, 2.45) is 0 Å². The van der Waals surface area contributed by atoms with Crippen LogP contribution in [0.15, 0.2) is 24.3 Å². The van der Waals surface area contributed by atoms with Crippen LogP contribution in [0.2, 0.25) is 0 Å². The van der Waals surface area contributed by atoms with E-state index in [1.807, 2.05) is 14.1 Å². The molecular weight excluding hydrogens is 246 g/mol. The highest BCUT2D eigenvalue weighted by atomic mass is 15.2. The second-order valence-corrected chi connectivity index (χ2v) is 5.81. The lowest BCUT2D eigenvalue weighted by atomic mass is 9.95. The van der Waals surface area contributed by atoms with E-state index in [-0.39, 0.29) is 6.04 Å². The average molecular weight is 271 g/mol. The quantitative estimate of drug-likeness (QED) is 0.838. The Balaban J connectivity index is 2.20. The Hall–Kier alpha value is -1.53. The topological polar surface area (TPSA) is 30.3 Å². The van der Waals surface area contributed by atoms with Crippen molar-refractivity contribution in [1.29, 1.82) is 5.26 Å². The number of benzene rings is 1. The Kier molecular flexibility index (Phi) is 5.03. The van der Waals surface area contributed by atoms with Crippen molar-refractivity contribution in [3.63, 3.8) is 0 Å². The average Bonchev–Trinajstić information content (AvgIpc) is 2.49. The van der Waals surface area contributed by atoms with Crippen molar-refractivity contribution >= 4 is 5.69 Å². The van der Waals surface area contributed by atoms with Crippen LogP contribution >= 0.6 is 0 Å². The minimum absolute atomic E-state index is 0.100. The molecular formula is C17H25N3. The number of anilines is 1. The third-order valence-corrected chi connectivity index (χ3v) is 4.32. The molecule has 108 valence electrons. The number of hydrogen-bond donors (Lipinski definition) is 0. The van der Waals surface area contributed by atoms with Crippen LogP contribution < -0.4 is 4.90 Å². The second-order valence-electron chi connectivity index (χ2n) is 5.81. The zero-order chi connectivity index (χ0) is 14.5. The fraction of sp³-hybridized carbons (Fsp3) is 0.588. The van der Waals surface area contributed by atoms with E-state index in [2.05, 4.69) is 47.1 Å². The number of likely N-dealkylation sites (tertiary alicyclic amines) is 1. The van der Waals surface area contributed by atoms with Crippen molar-refractivity contribution in [2.75, 3.05) is 25.5 Å². The van der Waals surface area contributed by atoms with Gasteiger partial charge in [0.25, 0.3) is 0 Å². The fourth-order valence-electron chi connectivity index (χ4n) is 3.10. The lowest BCUT2D eigenvalue weighted by Gasteiger charge is -2.38. The molecule has 2 unspecified atom stereocenters. The molecule has 1 saturated heterocycles. The molecule has 0 spiro atoms. The molecule has 0 N–H and O–H groups in total. The minimum Gasteiger partial charge on any atom is -0.378 e. The zero-order valence-corrected chi connectivity index (χ0v) is 12.8. The molecule has 3 heteroatoms. The molecule has 2 rings (SSSR count). The largest absolute Gasteiger partial charge is 0.378 e. The minimum atomic E-state index is -0.100. The summed E-state index contributed by atoms with van der Waals surface area (Å²) in [5.74, 6) is 0. The molecule has 0 aromatic heterocycles. The predicted molar refractivity (Wildman–Crippen MR) is 83.8 cm³/mol. The van der Waals surface area contributed by atoms with Crippen LogP contribution in [-0.2, 0) is 0 Å². The first-order valence-electron chi connectivity index (χ1n) is 7.60. The number of rotatable bonds is 4. The van der Waals surface area contributed by atoms with Crippen molar-refractivity contribution in [1.82, 2.24) is 4.90 Å². The van der Waals surface area contributed by atoms with E-state index < -0.39 is 0 Å². The first kappa shape index (κ1) is 14.9. The highest BCUT2D eigenvalue weighted by Gasteiger charge is 2.28. The molecule has 1 aliphatic rings. The van der Waals surface area contributed by atoms with Gasteiger partial charge in [-0.1, -0.05) is 25.5 Å². The highest BCUT2D eigenvalue weighted by Crippen LogP contribution is 2.30. The summed E-state index contributed by atoms with van der Waals surface area (Å²) in [7, 11) is 4.07. The molecule has 1 aromatic rings. The van der Waals surface area contributed by atoms with Crippen LogP contribution in [0.3, 0.4) is 0 Å². The molecule has 0 saturated carbocycles. The molecule has 1 fully saturated rings. The van der Waals surface area contributed by atoms with Gasteiger partial charge >= 0.3 is 0 Å². The van der Waals surface area contributed by atoms with Gasteiger partial charge < -0.3 is 4.90 Å². The Morgan fingerprint density at radius 2 is 2.00 bits per heavy atom. The van der Waals surface area contributed by atoms with Crippen LogP contribution in [0.5, 0.6) is 0 Å². The van der Waals surface area contributed by atoms with Crippen LogP contribution in [-0.4, -0.2) is 31.6 Å². The number of nitriles is 1. The van der Waals surface area contributed by atoms with Crippen molar-refractivity contribution < 1.29 is 0 Å². The van der Waals surface area contributed by atoms with E-state index in [0.717, 1.165) is 18.5 Å². The molecule has 20 heavy (non-hydrogen) atoms. The van der Waals surface area contributed by atoms with Gasteiger partial charge in [0.05, 0.1) is 6.07 Å². The predicted octanol–water partition coefficient (Wildman–Crippen LogP) is 3.58. The van der Waals surface area contributed by atoms with Crippen LogP contribution in [0.25, 0.3) is 0 Å². The van der Waals surface area contributed by atoms with E-state index in [4.69, 9.17) is 0 Å². The van der Waals surface area contributed by atoms with Gasteiger partial charge in [-0.2, -0.15) is 5.26 Å². The highest BCUT2D eigenvalue weighted by molar-refractivity contribution is 5.47. The molecule has 1 heterocycles. The summed E-state index contributed by atoms with van der Waals surface area (Å²) >= 11 is 0. The van der Waals surface area contributed by atoms with Gasteiger partial charge in [-0.3, -0.25) is 4.90 Å². The molecule has 0 bridgehead atoms. The zero-order valence-electron chi connectivity index (χ0n) is 12.8. The number of nitrogens with zero attached hydrogens (tertiary/aromatic N) is 3. The van der Waals surface area contributed by atoms with Gasteiger partial charge in [0.2, 0.25) is 0 Å². The third kappa shape index (κ3) is 3.13. The maximum absolute atomic E-state index is 9.62. The molecule has 0 aliphatic carbocycles. The summed E-state index contributed by atoms with van der Waals surface area (Å²) in [6, 6.07) is 11.4. The monoisotopic (exact) mass is 271 g/mol. The Labute approximate surface area is 122 Å². The number of piperidine rings is 1. The van der Waals surface area contributed by atoms with E-state index >= 15 is 0 Å². The lowest BCUT2D eigenvalue weighted by molar-refractivity contribution is 0.117. The van der Waals surface area contributed by atoms with Gasteiger partial charge in [0, 0.05) is 32.4 Å². The Morgan fingerprint density at radius 3 is 2.55 bits per heavy atom. The van der Waals surface area contributed by atoms with Gasteiger partial charge in [0.1, 0.15) is 6.04 Å². The van der Waals surface area contributed by atoms with E-state index in [1.54, 1.807) is 0 Å². The SMILES string of the molecule is CCC1CCCCN1C(C#N)c1ccc(N(C)C)cc1. The van der Waals surface area contributed by atoms with E-state index in [0.29, 0.717) is 6.04 Å². The van der Waals surface area contributed by atoms with E-state index in [9.17, 15) is 5.26 Å². The van der Waals surface area contributed by atoms with Gasteiger partial charge in [0.15, 0.2) is 0 Å². The summed E-state index contributed by atoms with van der Waals surface area (Å²) in [4.78, 5) is 4.48. The smallest absolute Gasteiger partial charge is 0.124 e. The van der Waals surface area contributed by atoms with Crippen molar-refractivity contribution in [2.45, 2.75) is 44.7 Å². The van der Waals surface area contributed by atoms with Gasteiger partial charge in [-0.25, -0.2) is 0 Å². The van der Waals surface area contributed by atoms with Crippen LogP contribution in [0, 0.1) is 11.3 Å². The molecule has 1 aliphatic heterocycles. The lowest BCUT2D eigenvalue weighted by Crippen LogP contribution is -2.41. The van der Waals surface area contributed by atoms with E-state index in [1.165, 1.54) is 24.9 Å². The summed E-state index contributed by atoms with van der Waals surface area (Å²) in [6.45, 7) is 3.28. The summed E-state index contributed by atoms with van der Waals surface area (Å²) in [5.41, 5.74) is 2.30. The summed E-state index contributed by atoms with van der Waals surface area (Å²) < 4.78 is 0. The van der Waals surface area contributed by atoms with Crippen LogP contribution in [0.4, 0.5) is 5.69 Å². The summed E-state index contributed by atoms with van der Waals surface area (Å²) in [5, 5.41) is 9.62.